The second-order valence-corrected chi connectivity index (χ2v) is 7.75. The number of para-hydroxylation sites is 1. The van der Waals surface area contributed by atoms with E-state index in [0.29, 0.717) is 29.3 Å². The first-order chi connectivity index (χ1) is 13.3. The quantitative estimate of drug-likeness (QED) is 0.592. The van der Waals surface area contributed by atoms with Crippen LogP contribution in [0.3, 0.4) is 0 Å². The second kappa shape index (κ2) is 9.75. The van der Waals surface area contributed by atoms with Crippen LogP contribution in [0.25, 0.3) is 0 Å². The molecule has 8 nitrogen and oxygen atoms in total. The minimum atomic E-state index is -3.36. The van der Waals surface area contributed by atoms with Gasteiger partial charge in [0.05, 0.1) is 24.5 Å². The molecule has 2 amide bonds. The zero-order valence-corrected chi connectivity index (χ0v) is 16.5. The summed E-state index contributed by atoms with van der Waals surface area (Å²) in [4.78, 5) is 24.3. The second-order valence-electron chi connectivity index (χ2n) is 5.74. The summed E-state index contributed by atoms with van der Waals surface area (Å²) in [5.41, 5.74) is 1.24. The smallest absolute Gasteiger partial charge is 0.255 e. The Hall–Kier alpha value is -3.07. The van der Waals surface area contributed by atoms with E-state index in [4.69, 9.17) is 4.74 Å². The zero-order valence-electron chi connectivity index (χ0n) is 15.7. The van der Waals surface area contributed by atoms with Crippen molar-refractivity contribution in [3.8, 4) is 5.75 Å². The molecule has 150 valence electrons. The van der Waals surface area contributed by atoms with Gasteiger partial charge in [0.25, 0.3) is 5.91 Å². The van der Waals surface area contributed by atoms with E-state index in [1.807, 2.05) is 6.92 Å². The number of rotatable bonds is 9. The van der Waals surface area contributed by atoms with Crippen LogP contribution in [0, 0.1) is 0 Å². The average molecular weight is 405 g/mol. The molecule has 0 saturated heterocycles. The molecule has 0 saturated carbocycles. The van der Waals surface area contributed by atoms with E-state index in [2.05, 4.69) is 15.4 Å². The summed E-state index contributed by atoms with van der Waals surface area (Å²) in [5.74, 6) is -0.405. The Kier molecular flexibility index (Phi) is 7.39. The Labute approximate surface area is 164 Å². The molecule has 28 heavy (non-hydrogen) atoms. The normalized spacial score (nSPS) is 10.8. The van der Waals surface area contributed by atoms with Gasteiger partial charge in [0.2, 0.25) is 15.9 Å². The maximum absolute atomic E-state index is 12.3. The average Bonchev–Trinajstić information content (AvgIpc) is 2.68. The zero-order chi connectivity index (χ0) is 20.6. The molecule has 0 fully saturated rings. The van der Waals surface area contributed by atoms with Gasteiger partial charge in [-0.1, -0.05) is 12.1 Å². The lowest BCUT2D eigenvalue weighted by Crippen LogP contribution is -2.33. The van der Waals surface area contributed by atoms with Gasteiger partial charge in [-0.2, -0.15) is 0 Å². The number of ether oxygens (including phenoxy) is 1. The number of carbonyl (C=O) groups excluding carboxylic acids is 2. The maximum Gasteiger partial charge on any atom is 0.255 e. The van der Waals surface area contributed by atoms with E-state index >= 15 is 0 Å². The van der Waals surface area contributed by atoms with E-state index in [0.717, 1.165) is 0 Å². The molecule has 2 aromatic rings. The third-order valence-corrected chi connectivity index (χ3v) is 4.97. The molecule has 0 aromatic heterocycles. The molecular weight excluding hydrogens is 382 g/mol. The Bertz CT molecular complexity index is 927. The number of sulfonamides is 1. The monoisotopic (exact) mass is 405 g/mol. The van der Waals surface area contributed by atoms with Gasteiger partial charge in [-0.05, 0) is 50.2 Å². The van der Waals surface area contributed by atoms with Crippen LogP contribution < -0.4 is 20.1 Å². The molecule has 2 aromatic carbocycles. The summed E-state index contributed by atoms with van der Waals surface area (Å²) < 4.78 is 30.9. The number of hydrogen-bond donors (Lipinski definition) is 3. The molecule has 9 heteroatoms. The number of anilines is 2. The van der Waals surface area contributed by atoms with Crippen LogP contribution in [0.4, 0.5) is 11.4 Å². The molecule has 0 atom stereocenters. The van der Waals surface area contributed by atoms with Crippen LogP contribution in [0.5, 0.6) is 5.75 Å². The van der Waals surface area contributed by atoms with E-state index in [1.165, 1.54) is 6.92 Å². The SMILES string of the molecule is CCOc1ccccc1C(=O)NCC(=O)Nc1ccc(NS(=O)(=O)CC)cc1. The maximum atomic E-state index is 12.3. The number of amides is 2. The number of nitrogens with one attached hydrogen (secondary N) is 3. The highest BCUT2D eigenvalue weighted by Crippen LogP contribution is 2.18. The summed E-state index contributed by atoms with van der Waals surface area (Å²) in [5, 5.41) is 5.18. The number of carbonyl (C=O) groups is 2. The third kappa shape index (κ3) is 6.27. The summed E-state index contributed by atoms with van der Waals surface area (Å²) >= 11 is 0. The number of benzene rings is 2. The van der Waals surface area contributed by atoms with Crippen molar-refractivity contribution < 1.29 is 22.7 Å². The Morgan fingerprint density at radius 1 is 0.964 bits per heavy atom. The molecule has 2 rings (SSSR count). The van der Waals surface area contributed by atoms with Crippen LogP contribution in [0.1, 0.15) is 24.2 Å². The standard InChI is InChI=1S/C19H23N3O5S/c1-3-27-17-8-6-5-7-16(17)19(24)20-13-18(23)21-14-9-11-15(12-10-14)22-28(25,26)4-2/h5-12,22H,3-4,13H2,1-2H3,(H,20,24)(H,21,23). The first kappa shape index (κ1) is 21.2. The fourth-order valence-corrected chi connectivity index (χ4v) is 2.91. The van der Waals surface area contributed by atoms with E-state index in [9.17, 15) is 18.0 Å². The summed E-state index contributed by atoms with van der Waals surface area (Å²) in [6.07, 6.45) is 0. The summed E-state index contributed by atoms with van der Waals surface area (Å²) in [6, 6.07) is 13.0. The Morgan fingerprint density at radius 2 is 1.61 bits per heavy atom. The molecular formula is C19H23N3O5S. The van der Waals surface area contributed by atoms with Gasteiger partial charge in [-0.15, -0.1) is 0 Å². The van der Waals surface area contributed by atoms with E-state index in [-0.39, 0.29) is 12.3 Å². The molecule has 0 unspecified atom stereocenters. The van der Waals surface area contributed by atoms with Crippen molar-refractivity contribution in [1.82, 2.24) is 5.32 Å². The van der Waals surface area contributed by atoms with Crippen LogP contribution >= 0.6 is 0 Å². The van der Waals surface area contributed by atoms with Crippen molar-refractivity contribution >= 4 is 33.2 Å². The van der Waals surface area contributed by atoms with Gasteiger partial charge >= 0.3 is 0 Å². The van der Waals surface area contributed by atoms with Crippen molar-refractivity contribution in [2.24, 2.45) is 0 Å². The van der Waals surface area contributed by atoms with Gasteiger partial charge in [0.1, 0.15) is 5.75 Å². The summed E-state index contributed by atoms with van der Waals surface area (Å²) in [7, 11) is -3.36. The van der Waals surface area contributed by atoms with Crippen LogP contribution in [-0.2, 0) is 14.8 Å². The Balaban J connectivity index is 1.90. The molecule has 0 aliphatic carbocycles. The number of hydrogen-bond acceptors (Lipinski definition) is 5. The molecule has 3 N–H and O–H groups in total. The highest BCUT2D eigenvalue weighted by molar-refractivity contribution is 7.92. The first-order valence-corrected chi connectivity index (χ1v) is 10.4. The summed E-state index contributed by atoms with van der Waals surface area (Å²) in [6.45, 7) is 3.57. The van der Waals surface area contributed by atoms with Crippen molar-refractivity contribution in [2.45, 2.75) is 13.8 Å². The van der Waals surface area contributed by atoms with Gasteiger partial charge in [0.15, 0.2) is 0 Å². The minimum absolute atomic E-state index is 0.0301. The highest BCUT2D eigenvalue weighted by atomic mass is 32.2. The van der Waals surface area contributed by atoms with Crippen LogP contribution in [0.2, 0.25) is 0 Å². The molecule has 0 bridgehead atoms. The molecule has 0 heterocycles. The molecule has 0 spiro atoms. The lowest BCUT2D eigenvalue weighted by Gasteiger charge is -2.11. The lowest BCUT2D eigenvalue weighted by atomic mass is 10.2. The van der Waals surface area contributed by atoms with Gasteiger partial charge in [-0.3, -0.25) is 14.3 Å². The van der Waals surface area contributed by atoms with Crippen molar-refractivity contribution in [3.05, 3.63) is 54.1 Å². The van der Waals surface area contributed by atoms with Gasteiger partial charge in [0, 0.05) is 11.4 Å². The first-order valence-electron chi connectivity index (χ1n) is 8.75. The topological polar surface area (TPSA) is 114 Å². The molecule has 0 aliphatic heterocycles. The van der Waals surface area contributed by atoms with E-state index in [1.54, 1.807) is 48.5 Å². The lowest BCUT2D eigenvalue weighted by molar-refractivity contribution is -0.115. The van der Waals surface area contributed by atoms with Crippen LogP contribution in [-0.4, -0.2) is 39.1 Å². The predicted octanol–water partition coefficient (Wildman–Crippen LogP) is 2.22. The predicted molar refractivity (Wildman–Crippen MR) is 108 cm³/mol. The van der Waals surface area contributed by atoms with Crippen molar-refractivity contribution in [3.63, 3.8) is 0 Å². The fraction of sp³-hybridized carbons (Fsp3) is 0.263. The fourth-order valence-electron chi connectivity index (χ4n) is 2.27. The van der Waals surface area contributed by atoms with E-state index < -0.39 is 21.8 Å². The van der Waals surface area contributed by atoms with Crippen molar-refractivity contribution in [1.29, 1.82) is 0 Å². The van der Waals surface area contributed by atoms with Gasteiger partial charge in [-0.25, -0.2) is 8.42 Å². The van der Waals surface area contributed by atoms with Gasteiger partial charge < -0.3 is 15.4 Å². The van der Waals surface area contributed by atoms with Crippen LogP contribution in [0.15, 0.2) is 48.5 Å². The third-order valence-electron chi connectivity index (χ3n) is 3.66. The Morgan fingerprint density at radius 3 is 2.25 bits per heavy atom. The largest absolute Gasteiger partial charge is 0.493 e. The highest BCUT2D eigenvalue weighted by Gasteiger charge is 2.13. The minimum Gasteiger partial charge on any atom is -0.493 e. The molecule has 0 radical (unpaired) electrons. The van der Waals surface area contributed by atoms with Crippen molar-refractivity contribution in [2.75, 3.05) is 28.9 Å². The molecule has 0 aliphatic rings.